The van der Waals surface area contributed by atoms with E-state index >= 15 is 0 Å². The highest BCUT2D eigenvalue weighted by Crippen LogP contribution is 2.51. The molecule has 0 aromatic heterocycles. The predicted octanol–water partition coefficient (Wildman–Crippen LogP) is 0.503. The van der Waals surface area contributed by atoms with Crippen LogP contribution in [0.5, 0.6) is 0 Å². The molecule has 3 fully saturated rings. The minimum atomic E-state index is -4.03. The third-order valence-corrected chi connectivity index (χ3v) is 5.44. The van der Waals surface area contributed by atoms with E-state index in [4.69, 9.17) is 0 Å². The van der Waals surface area contributed by atoms with Gasteiger partial charge in [-0.25, -0.2) is 8.42 Å². The van der Waals surface area contributed by atoms with E-state index in [0.29, 0.717) is 12.5 Å². The maximum atomic E-state index is 10.6. The second-order valence-electron chi connectivity index (χ2n) is 5.60. The first-order chi connectivity index (χ1) is 7.41. The Bertz CT molecular complexity index is 344. The third kappa shape index (κ3) is 2.57. The van der Waals surface area contributed by atoms with Gasteiger partial charge in [-0.05, 0) is 44.4 Å². The molecule has 0 saturated heterocycles. The van der Waals surface area contributed by atoms with Crippen molar-refractivity contribution in [2.24, 2.45) is 11.3 Å². The topological polar surface area (TPSA) is 84.8 Å². The third-order valence-electron chi connectivity index (χ3n) is 4.65. The standard InChI is InChI=1S/C11H21NO3S/c12-10-8-9-2-5-11(10,6-3-9)4-1-7-16(13,14)15/h9-10H,1-8,12H2,(H,13,14,15). The van der Waals surface area contributed by atoms with Crippen molar-refractivity contribution in [2.45, 2.75) is 51.0 Å². The zero-order chi connectivity index (χ0) is 11.8. The van der Waals surface area contributed by atoms with Gasteiger partial charge >= 0.3 is 0 Å². The van der Waals surface area contributed by atoms with Gasteiger partial charge in [0.2, 0.25) is 0 Å². The van der Waals surface area contributed by atoms with Crippen molar-refractivity contribution >= 4 is 10.1 Å². The maximum absolute atomic E-state index is 10.6. The summed E-state index contributed by atoms with van der Waals surface area (Å²) in [6, 6.07) is 0.467. The van der Waals surface area contributed by atoms with Crippen molar-refractivity contribution in [3.05, 3.63) is 0 Å². The molecule has 0 aliphatic heterocycles. The molecule has 0 aromatic rings. The quantitative estimate of drug-likeness (QED) is 0.734. The Hall–Kier alpha value is -0.130. The first-order valence-corrected chi connectivity index (χ1v) is 7.76. The molecule has 0 heterocycles. The molecule has 3 saturated carbocycles. The van der Waals surface area contributed by atoms with Gasteiger partial charge in [0, 0.05) is 17.6 Å². The highest BCUT2D eigenvalue weighted by atomic mass is 32.2. The van der Waals surface area contributed by atoms with Gasteiger partial charge < -0.3 is 10.3 Å². The molecule has 5 heteroatoms. The Morgan fingerprint density at radius 3 is 2.44 bits per heavy atom. The molecule has 0 aromatic carbocycles. The van der Waals surface area contributed by atoms with Gasteiger partial charge in [-0.15, -0.1) is 0 Å². The van der Waals surface area contributed by atoms with Gasteiger partial charge in [-0.3, -0.25) is 0 Å². The van der Waals surface area contributed by atoms with Crippen molar-refractivity contribution in [2.75, 3.05) is 5.75 Å². The van der Waals surface area contributed by atoms with E-state index in [2.05, 4.69) is 5.73 Å². The van der Waals surface area contributed by atoms with E-state index < -0.39 is 10.1 Å². The normalized spacial score (nSPS) is 38.9. The van der Waals surface area contributed by atoms with Crippen LogP contribution in [0.15, 0.2) is 0 Å². The highest BCUT2D eigenvalue weighted by molar-refractivity contribution is 7.85. The summed E-state index contributed by atoms with van der Waals surface area (Å²) >= 11 is 0. The lowest BCUT2D eigenvalue weighted by atomic mass is 9.56. The van der Waals surface area contributed by atoms with E-state index in [1.807, 2.05) is 0 Å². The van der Waals surface area contributed by atoms with Crippen LogP contribution in [0.1, 0.15) is 44.9 Å². The number of fused-ring (bicyclic) bond motifs is 3. The minimum Gasteiger partial charge on any atom is -0.748 e. The number of rotatable bonds is 4. The largest absolute Gasteiger partial charge is 0.748 e. The summed E-state index contributed by atoms with van der Waals surface area (Å²) in [4.78, 5) is 0. The molecule has 0 spiro atoms. The molecule has 3 aliphatic rings. The van der Waals surface area contributed by atoms with Gasteiger partial charge in [0.25, 0.3) is 0 Å². The Morgan fingerprint density at radius 1 is 1.31 bits per heavy atom. The Labute approximate surface area is 97.3 Å². The highest BCUT2D eigenvalue weighted by Gasteiger charge is 2.47. The van der Waals surface area contributed by atoms with E-state index in [9.17, 15) is 13.0 Å². The molecule has 1 unspecified atom stereocenters. The SMILES string of the molecule is [NH3+]C1CC2CCC1(CCCS(=O)(=O)[O-])CC2. The molecule has 3 rings (SSSR count). The molecule has 0 radical (unpaired) electrons. The second-order valence-corrected chi connectivity index (χ2v) is 7.13. The lowest BCUT2D eigenvalue weighted by Crippen LogP contribution is -2.71. The lowest BCUT2D eigenvalue weighted by Gasteiger charge is -2.49. The molecule has 16 heavy (non-hydrogen) atoms. The van der Waals surface area contributed by atoms with Crippen molar-refractivity contribution in [3.63, 3.8) is 0 Å². The predicted molar refractivity (Wildman–Crippen MR) is 59.5 cm³/mol. The van der Waals surface area contributed by atoms with Crippen LogP contribution >= 0.6 is 0 Å². The van der Waals surface area contributed by atoms with Crippen LogP contribution in [0.4, 0.5) is 0 Å². The lowest BCUT2D eigenvalue weighted by molar-refractivity contribution is -0.464. The summed E-state index contributed by atoms with van der Waals surface area (Å²) in [6.45, 7) is 0. The molecular weight excluding hydrogens is 226 g/mol. The molecule has 1 atom stereocenters. The molecule has 3 aliphatic carbocycles. The molecule has 4 nitrogen and oxygen atoms in total. The second kappa shape index (κ2) is 4.27. The van der Waals surface area contributed by atoms with Crippen LogP contribution in [0.2, 0.25) is 0 Å². The molecule has 3 N–H and O–H groups in total. The van der Waals surface area contributed by atoms with Crippen molar-refractivity contribution in [1.29, 1.82) is 0 Å². The van der Waals surface area contributed by atoms with Gasteiger partial charge in [0.15, 0.2) is 0 Å². The van der Waals surface area contributed by atoms with Crippen LogP contribution in [-0.4, -0.2) is 24.8 Å². The number of hydrogen-bond acceptors (Lipinski definition) is 3. The fourth-order valence-corrected chi connectivity index (χ4v) is 4.10. The van der Waals surface area contributed by atoms with E-state index in [1.54, 1.807) is 0 Å². The zero-order valence-electron chi connectivity index (χ0n) is 9.65. The summed E-state index contributed by atoms with van der Waals surface area (Å²) in [7, 11) is -4.03. The maximum Gasteiger partial charge on any atom is 0.0945 e. The first kappa shape index (κ1) is 12.3. The van der Waals surface area contributed by atoms with E-state index in [0.717, 1.165) is 12.3 Å². The van der Waals surface area contributed by atoms with Crippen molar-refractivity contribution in [3.8, 4) is 0 Å². The minimum absolute atomic E-state index is 0.203. The van der Waals surface area contributed by atoms with Crippen LogP contribution in [-0.2, 0) is 10.1 Å². The average molecular weight is 247 g/mol. The fraction of sp³-hybridized carbons (Fsp3) is 1.00. The van der Waals surface area contributed by atoms with Crippen LogP contribution in [0.25, 0.3) is 0 Å². The number of hydrogen-bond donors (Lipinski definition) is 1. The number of quaternary nitrogens is 1. The van der Waals surface area contributed by atoms with E-state index in [-0.39, 0.29) is 11.2 Å². The van der Waals surface area contributed by atoms with Gasteiger partial charge in [-0.2, -0.15) is 0 Å². The van der Waals surface area contributed by atoms with Crippen LogP contribution in [0, 0.1) is 11.3 Å². The van der Waals surface area contributed by atoms with E-state index in [1.165, 1.54) is 32.1 Å². The Balaban J connectivity index is 1.91. The van der Waals surface area contributed by atoms with Crippen LogP contribution in [0.3, 0.4) is 0 Å². The molecular formula is C11H21NO3S. The first-order valence-electron chi connectivity index (χ1n) is 6.18. The molecule has 94 valence electrons. The monoisotopic (exact) mass is 247 g/mol. The summed E-state index contributed by atoms with van der Waals surface area (Å²) in [5.41, 5.74) is 4.49. The van der Waals surface area contributed by atoms with Crippen molar-refractivity contribution < 1.29 is 18.7 Å². The average Bonchev–Trinajstić information content (AvgIpc) is 2.18. The summed E-state index contributed by atoms with van der Waals surface area (Å²) in [5.74, 6) is 0.651. The Morgan fingerprint density at radius 2 is 1.94 bits per heavy atom. The molecule has 0 amide bonds. The molecule has 2 bridgehead atoms. The summed E-state index contributed by atoms with van der Waals surface area (Å²) in [5, 5.41) is 0. The van der Waals surface area contributed by atoms with Crippen molar-refractivity contribution in [1.82, 2.24) is 0 Å². The summed E-state index contributed by atoms with van der Waals surface area (Å²) in [6.07, 6.45) is 7.50. The zero-order valence-corrected chi connectivity index (χ0v) is 10.5. The fourth-order valence-electron chi connectivity index (χ4n) is 3.60. The Kier molecular flexibility index (Phi) is 3.29. The van der Waals surface area contributed by atoms with Crippen LogP contribution < -0.4 is 5.73 Å². The van der Waals surface area contributed by atoms with Gasteiger partial charge in [0.05, 0.1) is 16.2 Å². The smallest absolute Gasteiger partial charge is 0.0945 e. The van der Waals surface area contributed by atoms with Gasteiger partial charge in [-0.1, -0.05) is 0 Å². The summed E-state index contributed by atoms with van der Waals surface area (Å²) < 4.78 is 31.8. The van der Waals surface area contributed by atoms with Gasteiger partial charge in [0.1, 0.15) is 0 Å².